The van der Waals surface area contributed by atoms with E-state index < -0.39 is 23.4 Å². The highest BCUT2D eigenvalue weighted by atomic mass is 79.9. The van der Waals surface area contributed by atoms with Crippen LogP contribution in [0.25, 0.3) is 6.08 Å². The van der Waals surface area contributed by atoms with E-state index >= 15 is 0 Å². The standard InChI is InChI=1S/C32H23BrN2O4S/c1-39-24-13-12-19(17-22(24)33)28(36)27-26(29(37)25-11-6-16-40-25)32(21-9-4-5-10-23(21)34-31(32)38)30-20-8-3-2-7-18(20)14-15-35(27)30/h2-17,26-27,30H,1H3,(H,34,38)/t26-,27+,30+,32-/m0/s1. The first-order valence-corrected chi connectivity index (χ1v) is 14.5. The number of hydrogen-bond donors (Lipinski definition) is 1. The molecule has 4 aromatic rings. The molecule has 0 unspecified atom stereocenters. The number of carbonyl (C=O) groups is 3. The molecule has 0 aliphatic carbocycles. The zero-order valence-corrected chi connectivity index (χ0v) is 23.7. The zero-order valence-electron chi connectivity index (χ0n) is 21.3. The molecule has 8 heteroatoms. The second kappa shape index (κ2) is 9.28. The van der Waals surface area contributed by atoms with Crippen LogP contribution in [0.15, 0.2) is 94.9 Å². The molecule has 3 aromatic carbocycles. The Morgan fingerprint density at radius 2 is 1.80 bits per heavy atom. The monoisotopic (exact) mass is 610 g/mol. The number of halogens is 1. The molecule has 4 heterocycles. The molecule has 1 saturated heterocycles. The van der Waals surface area contributed by atoms with E-state index in [-0.39, 0.29) is 17.5 Å². The Morgan fingerprint density at radius 1 is 1.00 bits per heavy atom. The summed E-state index contributed by atoms with van der Waals surface area (Å²) < 4.78 is 6.02. The van der Waals surface area contributed by atoms with Crippen LogP contribution in [0.2, 0.25) is 0 Å². The van der Waals surface area contributed by atoms with Gasteiger partial charge < -0.3 is 15.0 Å². The molecule has 6 nitrogen and oxygen atoms in total. The van der Waals surface area contributed by atoms with Crippen molar-refractivity contribution in [3.8, 4) is 5.75 Å². The summed E-state index contributed by atoms with van der Waals surface area (Å²) in [7, 11) is 1.56. The highest BCUT2D eigenvalue weighted by Gasteiger charge is 2.70. The van der Waals surface area contributed by atoms with Gasteiger partial charge in [0.25, 0.3) is 0 Å². The predicted octanol–water partition coefficient (Wildman–Crippen LogP) is 6.50. The number of fused-ring (bicyclic) bond motifs is 6. The second-order valence-electron chi connectivity index (χ2n) is 10.1. The maximum Gasteiger partial charge on any atom is 0.238 e. The maximum absolute atomic E-state index is 14.6. The molecule has 0 bridgehead atoms. The Kier molecular flexibility index (Phi) is 5.80. The number of para-hydroxylation sites is 1. The SMILES string of the molecule is COc1ccc(C(=O)[C@H]2[C@@H](C(=O)c3cccs3)[C@]3(C(=O)Nc4ccccc43)[C@H]3c4ccccc4C=CN23)cc1Br. The molecule has 1 aromatic heterocycles. The molecular formula is C32H23BrN2O4S. The minimum absolute atomic E-state index is 0.215. The van der Waals surface area contributed by atoms with Crippen LogP contribution in [0.5, 0.6) is 5.75 Å². The lowest BCUT2D eigenvalue weighted by Crippen LogP contribution is -2.49. The zero-order chi connectivity index (χ0) is 27.6. The van der Waals surface area contributed by atoms with E-state index in [1.165, 1.54) is 11.3 Å². The van der Waals surface area contributed by atoms with Crippen LogP contribution < -0.4 is 10.1 Å². The minimum Gasteiger partial charge on any atom is -0.496 e. The van der Waals surface area contributed by atoms with Crippen LogP contribution in [-0.4, -0.2) is 35.5 Å². The molecular weight excluding hydrogens is 588 g/mol. The Morgan fingerprint density at radius 3 is 2.58 bits per heavy atom. The molecule has 0 saturated carbocycles. The van der Waals surface area contributed by atoms with E-state index in [0.29, 0.717) is 26.4 Å². The number of ether oxygens (including phenoxy) is 1. The summed E-state index contributed by atoms with van der Waals surface area (Å²) >= 11 is 4.83. The molecule has 1 spiro atoms. The highest BCUT2D eigenvalue weighted by molar-refractivity contribution is 9.10. The fourth-order valence-electron chi connectivity index (χ4n) is 6.73. The van der Waals surface area contributed by atoms with Gasteiger partial charge in [-0.25, -0.2) is 0 Å². The van der Waals surface area contributed by atoms with Crippen LogP contribution in [0, 0.1) is 5.92 Å². The lowest BCUT2D eigenvalue weighted by molar-refractivity contribution is -0.122. The Hall–Kier alpha value is -4.01. The van der Waals surface area contributed by atoms with Gasteiger partial charge in [-0.1, -0.05) is 48.5 Å². The number of benzene rings is 3. The number of methoxy groups -OCH3 is 1. The minimum atomic E-state index is -1.33. The smallest absolute Gasteiger partial charge is 0.238 e. The van der Waals surface area contributed by atoms with E-state index in [9.17, 15) is 14.4 Å². The number of rotatable bonds is 5. The number of carbonyl (C=O) groups excluding carboxylic acids is 3. The van der Waals surface area contributed by atoms with Crippen molar-refractivity contribution < 1.29 is 19.1 Å². The normalized spacial score (nSPS) is 23.9. The summed E-state index contributed by atoms with van der Waals surface area (Å²) in [5, 5.41) is 4.92. The van der Waals surface area contributed by atoms with Crippen molar-refractivity contribution in [3.05, 3.63) is 122 Å². The predicted molar refractivity (Wildman–Crippen MR) is 158 cm³/mol. The molecule has 40 heavy (non-hydrogen) atoms. The summed E-state index contributed by atoms with van der Waals surface area (Å²) in [5.74, 6) is -1.10. The van der Waals surface area contributed by atoms with E-state index in [1.54, 1.807) is 31.4 Å². The van der Waals surface area contributed by atoms with E-state index in [0.717, 1.165) is 16.7 Å². The summed E-state index contributed by atoms with van der Waals surface area (Å²) in [5.41, 5.74) is 2.37. The summed E-state index contributed by atoms with van der Waals surface area (Å²) in [6.45, 7) is 0. The van der Waals surface area contributed by atoms with Crippen molar-refractivity contribution in [1.82, 2.24) is 4.90 Å². The first-order valence-electron chi connectivity index (χ1n) is 12.9. The van der Waals surface area contributed by atoms with Gasteiger partial charge in [0, 0.05) is 17.5 Å². The van der Waals surface area contributed by atoms with Gasteiger partial charge >= 0.3 is 0 Å². The molecule has 3 aliphatic heterocycles. The first-order chi connectivity index (χ1) is 19.5. The van der Waals surface area contributed by atoms with Gasteiger partial charge in [-0.15, -0.1) is 11.3 Å². The van der Waals surface area contributed by atoms with Crippen LogP contribution in [0.4, 0.5) is 5.69 Å². The highest BCUT2D eigenvalue weighted by Crippen LogP contribution is 2.62. The van der Waals surface area contributed by atoms with Crippen LogP contribution in [-0.2, 0) is 10.2 Å². The molecule has 198 valence electrons. The molecule has 1 amide bonds. The van der Waals surface area contributed by atoms with Crippen molar-refractivity contribution in [3.63, 3.8) is 0 Å². The first kappa shape index (κ1) is 25.0. The molecule has 3 aliphatic rings. The fourth-order valence-corrected chi connectivity index (χ4v) is 7.97. The van der Waals surface area contributed by atoms with Crippen molar-refractivity contribution in [1.29, 1.82) is 0 Å². The Labute approximate surface area is 243 Å². The number of amides is 1. The topological polar surface area (TPSA) is 75.7 Å². The summed E-state index contributed by atoms with van der Waals surface area (Å²) in [4.78, 5) is 46.0. The molecule has 1 fully saturated rings. The van der Waals surface area contributed by atoms with Gasteiger partial charge in [-0.3, -0.25) is 14.4 Å². The van der Waals surface area contributed by atoms with Gasteiger partial charge in [0.2, 0.25) is 5.91 Å². The molecule has 0 radical (unpaired) electrons. The number of anilines is 1. The third-order valence-electron chi connectivity index (χ3n) is 8.32. The number of nitrogens with one attached hydrogen (secondary N) is 1. The van der Waals surface area contributed by atoms with Crippen LogP contribution >= 0.6 is 27.3 Å². The summed E-state index contributed by atoms with van der Waals surface area (Å²) in [6, 6.07) is 22.7. The van der Waals surface area contributed by atoms with Crippen molar-refractivity contribution in [2.75, 3.05) is 12.4 Å². The van der Waals surface area contributed by atoms with E-state index in [2.05, 4.69) is 21.2 Å². The van der Waals surface area contributed by atoms with E-state index in [4.69, 9.17) is 4.74 Å². The lowest BCUT2D eigenvalue weighted by atomic mass is 9.63. The van der Waals surface area contributed by atoms with Gasteiger partial charge in [0.15, 0.2) is 11.6 Å². The molecule has 1 N–H and O–H groups in total. The van der Waals surface area contributed by atoms with Gasteiger partial charge in [-0.2, -0.15) is 0 Å². The molecule has 7 rings (SSSR count). The number of hydrogen-bond acceptors (Lipinski definition) is 6. The largest absolute Gasteiger partial charge is 0.496 e. The number of nitrogens with zero attached hydrogens (tertiary/aromatic N) is 1. The van der Waals surface area contributed by atoms with Crippen molar-refractivity contribution in [2.45, 2.75) is 17.5 Å². The van der Waals surface area contributed by atoms with Gasteiger partial charge in [0.1, 0.15) is 17.2 Å². The number of Topliss-reactive ketones (excluding diaryl/α,β-unsaturated/α-hetero) is 2. The Bertz CT molecular complexity index is 1730. The van der Waals surface area contributed by atoms with Crippen molar-refractivity contribution in [2.24, 2.45) is 5.92 Å². The quantitative estimate of drug-likeness (QED) is 0.261. The average molecular weight is 612 g/mol. The fraction of sp³-hybridized carbons (Fsp3) is 0.156. The van der Waals surface area contributed by atoms with Crippen LogP contribution in [0.1, 0.15) is 42.8 Å². The summed E-state index contributed by atoms with van der Waals surface area (Å²) in [6.07, 6.45) is 3.84. The van der Waals surface area contributed by atoms with Crippen LogP contribution in [0.3, 0.4) is 0 Å². The Balaban J connectivity index is 1.52. The maximum atomic E-state index is 14.6. The van der Waals surface area contributed by atoms with Crippen molar-refractivity contribution >= 4 is 56.5 Å². The number of thiophene rings is 1. The van der Waals surface area contributed by atoms with E-state index in [1.807, 2.05) is 77.2 Å². The third kappa shape index (κ3) is 3.36. The van der Waals surface area contributed by atoms with Gasteiger partial charge in [-0.05, 0) is 74.4 Å². The lowest BCUT2D eigenvalue weighted by Gasteiger charge is -2.38. The molecule has 4 atom stereocenters. The number of ketones is 2. The van der Waals surface area contributed by atoms with Gasteiger partial charge in [0.05, 0.1) is 28.4 Å². The average Bonchev–Trinajstić information content (AvgIpc) is 3.69. The third-order valence-corrected chi connectivity index (χ3v) is 9.83. The second-order valence-corrected chi connectivity index (χ2v) is 11.9.